The van der Waals surface area contributed by atoms with Crippen LogP contribution >= 0.6 is 0 Å². The van der Waals surface area contributed by atoms with E-state index in [0.717, 1.165) is 30.8 Å². The Morgan fingerprint density at radius 2 is 2.12 bits per heavy atom. The highest BCUT2D eigenvalue weighted by atomic mass is 16.3. The third kappa shape index (κ3) is 2.78. The second-order valence-corrected chi connectivity index (χ2v) is 6.20. The topological polar surface area (TPSA) is 62.1 Å². The predicted molar refractivity (Wildman–Crippen MR) is 91.6 cm³/mol. The second kappa shape index (κ2) is 6.09. The molecule has 122 valence electrons. The minimum Gasteiger partial charge on any atom is -0.461 e. The smallest absolute Gasteiger partial charge is 0.254 e. The lowest BCUT2D eigenvalue weighted by Gasteiger charge is -2.28. The van der Waals surface area contributed by atoms with Crippen molar-refractivity contribution in [2.75, 3.05) is 6.54 Å². The van der Waals surface area contributed by atoms with E-state index in [1.807, 2.05) is 0 Å². The number of H-pyrrole nitrogens is 1. The molecule has 0 saturated heterocycles. The molecule has 0 saturated carbocycles. The molecule has 0 unspecified atom stereocenters. The van der Waals surface area contributed by atoms with Crippen LogP contribution in [0.15, 0.2) is 51.9 Å². The standard InChI is InChI=1S/C19H19N3O2/c1-13-5-2-3-6-14(13)11-22-9-8-15-16(12-22)20-18(21-19(15)23)17-7-4-10-24-17/h2-7,10H,8-9,11-12H2,1H3,(H,20,21,23). The normalized spacial score (nSPS) is 14.5. The average Bonchev–Trinajstić information content (AvgIpc) is 3.11. The molecule has 3 aromatic rings. The molecule has 0 atom stereocenters. The lowest BCUT2D eigenvalue weighted by molar-refractivity contribution is 0.240. The largest absolute Gasteiger partial charge is 0.461 e. The van der Waals surface area contributed by atoms with E-state index in [0.29, 0.717) is 18.1 Å². The molecule has 24 heavy (non-hydrogen) atoms. The summed E-state index contributed by atoms with van der Waals surface area (Å²) in [6, 6.07) is 12.0. The summed E-state index contributed by atoms with van der Waals surface area (Å²) in [5.41, 5.74) is 4.20. The summed E-state index contributed by atoms with van der Waals surface area (Å²) in [6.45, 7) is 4.55. The SMILES string of the molecule is Cc1ccccc1CN1CCc2c(nc(-c3ccco3)[nH]c2=O)C1. The van der Waals surface area contributed by atoms with Crippen LogP contribution in [0.1, 0.15) is 22.4 Å². The summed E-state index contributed by atoms with van der Waals surface area (Å²) >= 11 is 0. The van der Waals surface area contributed by atoms with Gasteiger partial charge in [0.25, 0.3) is 5.56 Å². The Kier molecular flexibility index (Phi) is 3.78. The van der Waals surface area contributed by atoms with Crippen LogP contribution in [0.25, 0.3) is 11.6 Å². The van der Waals surface area contributed by atoms with Crippen LogP contribution in [0.5, 0.6) is 0 Å². The van der Waals surface area contributed by atoms with Crippen molar-refractivity contribution in [1.29, 1.82) is 0 Å². The first-order valence-electron chi connectivity index (χ1n) is 8.13. The van der Waals surface area contributed by atoms with Crippen molar-refractivity contribution in [2.24, 2.45) is 0 Å². The molecule has 4 rings (SSSR count). The maximum atomic E-state index is 12.3. The Morgan fingerprint density at radius 1 is 1.25 bits per heavy atom. The Bertz CT molecular complexity index is 913. The molecule has 1 aliphatic heterocycles. The van der Waals surface area contributed by atoms with E-state index < -0.39 is 0 Å². The predicted octanol–water partition coefficient (Wildman–Crippen LogP) is 2.90. The van der Waals surface area contributed by atoms with Gasteiger partial charge in [0.1, 0.15) is 0 Å². The number of aromatic nitrogens is 2. The quantitative estimate of drug-likeness (QED) is 0.806. The Balaban J connectivity index is 1.62. The van der Waals surface area contributed by atoms with Crippen molar-refractivity contribution < 1.29 is 4.42 Å². The molecule has 1 aromatic carbocycles. The van der Waals surface area contributed by atoms with Crippen molar-refractivity contribution in [3.63, 3.8) is 0 Å². The van der Waals surface area contributed by atoms with Gasteiger partial charge in [0.2, 0.25) is 0 Å². The molecule has 1 N–H and O–H groups in total. The monoisotopic (exact) mass is 321 g/mol. The number of benzene rings is 1. The molecule has 0 bridgehead atoms. The molecule has 5 nitrogen and oxygen atoms in total. The number of nitrogens with zero attached hydrogens (tertiary/aromatic N) is 2. The van der Waals surface area contributed by atoms with Crippen LogP contribution < -0.4 is 5.56 Å². The van der Waals surface area contributed by atoms with Gasteiger partial charge in [-0.1, -0.05) is 24.3 Å². The van der Waals surface area contributed by atoms with E-state index in [1.165, 1.54) is 11.1 Å². The molecule has 2 aromatic heterocycles. The maximum Gasteiger partial charge on any atom is 0.254 e. The van der Waals surface area contributed by atoms with Crippen LogP contribution in [0.2, 0.25) is 0 Å². The molecule has 1 aliphatic rings. The van der Waals surface area contributed by atoms with Crippen molar-refractivity contribution in [2.45, 2.75) is 26.4 Å². The van der Waals surface area contributed by atoms with Gasteiger partial charge in [-0.3, -0.25) is 9.69 Å². The number of hydrogen-bond donors (Lipinski definition) is 1. The summed E-state index contributed by atoms with van der Waals surface area (Å²) in [7, 11) is 0. The minimum atomic E-state index is -0.0538. The van der Waals surface area contributed by atoms with Gasteiger partial charge in [0.15, 0.2) is 11.6 Å². The molecule has 0 amide bonds. The molecule has 0 fully saturated rings. The number of hydrogen-bond acceptors (Lipinski definition) is 4. The lowest BCUT2D eigenvalue weighted by atomic mass is 10.0. The number of furan rings is 1. The number of fused-ring (bicyclic) bond motifs is 1. The third-order valence-corrected chi connectivity index (χ3v) is 4.56. The van der Waals surface area contributed by atoms with Gasteiger partial charge in [0.05, 0.1) is 12.0 Å². The summed E-state index contributed by atoms with van der Waals surface area (Å²) in [5.74, 6) is 1.09. The number of aryl methyl sites for hydroxylation is 1. The first kappa shape index (κ1) is 14.9. The van der Waals surface area contributed by atoms with Gasteiger partial charge >= 0.3 is 0 Å². The van der Waals surface area contributed by atoms with E-state index >= 15 is 0 Å². The highest BCUT2D eigenvalue weighted by molar-refractivity contribution is 5.47. The van der Waals surface area contributed by atoms with E-state index in [2.05, 4.69) is 46.1 Å². The zero-order valence-electron chi connectivity index (χ0n) is 13.6. The van der Waals surface area contributed by atoms with Crippen molar-refractivity contribution in [3.05, 3.63) is 75.4 Å². The van der Waals surface area contributed by atoms with Crippen molar-refractivity contribution >= 4 is 0 Å². The van der Waals surface area contributed by atoms with Gasteiger partial charge < -0.3 is 9.40 Å². The Morgan fingerprint density at radius 3 is 2.92 bits per heavy atom. The first-order chi connectivity index (χ1) is 11.7. The molecule has 0 spiro atoms. The molecular weight excluding hydrogens is 302 g/mol. The average molecular weight is 321 g/mol. The number of rotatable bonds is 3. The third-order valence-electron chi connectivity index (χ3n) is 4.56. The van der Waals surface area contributed by atoms with E-state index in [1.54, 1.807) is 18.4 Å². The van der Waals surface area contributed by atoms with Crippen LogP contribution in [0.3, 0.4) is 0 Å². The van der Waals surface area contributed by atoms with Crippen molar-refractivity contribution in [3.8, 4) is 11.6 Å². The minimum absolute atomic E-state index is 0.0538. The van der Waals surface area contributed by atoms with Crippen LogP contribution in [-0.2, 0) is 19.5 Å². The lowest BCUT2D eigenvalue weighted by Crippen LogP contribution is -2.35. The maximum absolute atomic E-state index is 12.3. The van der Waals surface area contributed by atoms with Gasteiger partial charge in [-0.15, -0.1) is 0 Å². The Hall–Kier alpha value is -2.66. The highest BCUT2D eigenvalue weighted by Gasteiger charge is 2.22. The highest BCUT2D eigenvalue weighted by Crippen LogP contribution is 2.21. The fourth-order valence-corrected chi connectivity index (χ4v) is 3.19. The van der Waals surface area contributed by atoms with Gasteiger partial charge in [0, 0.05) is 25.2 Å². The molecule has 0 radical (unpaired) electrons. The van der Waals surface area contributed by atoms with Crippen LogP contribution in [0.4, 0.5) is 0 Å². The molecule has 3 heterocycles. The molecular formula is C19H19N3O2. The zero-order chi connectivity index (χ0) is 16.5. The number of nitrogens with one attached hydrogen (secondary N) is 1. The van der Waals surface area contributed by atoms with E-state index in [9.17, 15) is 4.79 Å². The number of aromatic amines is 1. The van der Waals surface area contributed by atoms with Gasteiger partial charge in [-0.2, -0.15) is 0 Å². The molecule has 0 aliphatic carbocycles. The summed E-state index contributed by atoms with van der Waals surface area (Å²) in [4.78, 5) is 22.2. The fourth-order valence-electron chi connectivity index (χ4n) is 3.19. The Labute approximate surface area is 140 Å². The van der Waals surface area contributed by atoms with E-state index in [-0.39, 0.29) is 5.56 Å². The van der Waals surface area contributed by atoms with Gasteiger partial charge in [-0.05, 0) is 36.6 Å². The van der Waals surface area contributed by atoms with Gasteiger partial charge in [-0.25, -0.2) is 4.98 Å². The van der Waals surface area contributed by atoms with E-state index in [4.69, 9.17) is 4.42 Å². The van der Waals surface area contributed by atoms with Crippen LogP contribution in [-0.4, -0.2) is 21.4 Å². The van der Waals surface area contributed by atoms with Crippen molar-refractivity contribution in [1.82, 2.24) is 14.9 Å². The summed E-state index contributed by atoms with van der Waals surface area (Å²) < 4.78 is 5.36. The van der Waals surface area contributed by atoms with Crippen LogP contribution in [0, 0.1) is 6.92 Å². The summed E-state index contributed by atoms with van der Waals surface area (Å²) in [5, 5.41) is 0. The molecule has 5 heteroatoms. The zero-order valence-corrected chi connectivity index (χ0v) is 13.6. The second-order valence-electron chi connectivity index (χ2n) is 6.20. The summed E-state index contributed by atoms with van der Waals surface area (Å²) in [6.07, 6.45) is 2.31. The fraction of sp³-hybridized carbons (Fsp3) is 0.263. The first-order valence-corrected chi connectivity index (χ1v) is 8.13.